The van der Waals surface area contributed by atoms with Crippen molar-refractivity contribution in [3.8, 4) is 17.2 Å². The number of benzene rings is 2. The van der Waals surface area contributed by atoms with Gasteiger partial charge < -0.3 is 15.3 Å². The SMILES string of the molecule is N#C[C@H]1[C@H](c2ccc(-c3cccc(F)c3)cc2)[C@@H](CO)N1C(=O)NC1CCCC1. The Morgan fingerprint density at radius 2 is 1.90 bits per heavy atom. The van der Waals surface area contributed by atoms with Crippen molar-refractivity contribution >= 4 is 6.03 Å². The summed E-state index contributed by atoms with van der Waals surface area (Å²) in [7, 11) is 0. The molecule has 2 aromatic rings. The molecular formula is C23H24FN3O2. The van der Waals surface area contributed by atoms with Gasteiger partial charge in [0.15, 0.2) is 0 Å². The van der Waals surface area contributed by atoms with E-state index in [1.165, 1.54) is 17.0 Å². The lowest BCUT2D eigenvalue weighted by molar-refractivity contribution is 0.0158. The van der Waals surface area contributed by atoms with Gasteiger partial charge in [-0.3, -0.25) is 0 Å². The minimum atomic E-state index is -0.617. The molecule has 1 heterocycles. The van der Waals surface area contributed by atoms with Gasteiger partial charge in [0.1, 0.15) is 11.9 Å². The molecule has 1 aliphatic carbocycles. The monoisotopic (exact) mass is 393 g/mol. The zero-order chi connectivity index (χ0) is 20.4. The smallest absolute Gasteiger partial charge is 0.319 e. The van der Waals surface area contributed by atoms with Crippen LogP contribution in [0.15, 0.2) is 48.5 Å². The molecule has 0 spiro atoms. The zero-order valence-electron chi connectivity index (χ0n) is 16.1. The van der Waals surface area contributed by atoms with E-state index in [2.05, 4.69) is 11.4 Å². The van der Waals surface area contributed by atoms with E-state index in [0.29, 0.717) is 0 Å². The molecule has 0 radical (unpaired) electrons. The molecule has 2 aromatic carbocycles. The number of nitriles is 1. The average molecular weight is 393 g/mol. The van der Waals surface area contributed by atoms with Gasteiger partial charge in [0.05, 0.1) is 18.7 Å². The summed E-state index contributed by atoms with van der Waals surface area (Å²) in [4.78, 5) is 14.2. The number of halogens is 1. The van der Waals surface area contributed by atoms with Crippen LogP contribution < -0.4 is 5.32 Å². The van der Waals surface area contributed by atoms with E-state index in [0.717, 1.165) is 42.4 Å². The molecule has 6 heteroatoms. The van der Waals surface area contributed by atoms with E-state index in [4.69, 9.17) is 0 Å². The van der Waals surface area contributed by atoms with Crippen LogP contribution >= 0.6 is 0 Å². The molecule has 5 nitrogen and oxygen atoms in total. The van der Waals surface area contributed by atoms with Gasteiger partial charge in [-0.15, -0.1) is 0 Å². The average Bonchev–Trinajstić information content (AvgIpc) is 3.21. The molecule has 1 saturated carbocycles. The molecule has 0 bridgehead atoms. The van der Waals surface area contributed by atoms with Gasteiger partial charge in [-0.1, -0.05) is 49.2 Å². The van der Waals surface area contributed by atoms with E-state index in [9.17, 15) is 19.6 Å². The van der Waals surface area contributed by atoms with Crippen LogP contribution in [0.25, 0.3) is 11.1 Å². The van der Waals surface area contributed by atoms with Crippen molar-refractivity contribution in [1.82, 2.24) is 10.2 Å². The summed E-state index contributed by atoms with van der Waals surface area (Å²) in [6, 6.07) is 15.0. The molecule has 1 aliphatic heterocycles. The first kappa shape index (κ1) is 19.4. The maximum atomic E-state index is 13.5. The standard InChI is InChI=1S/C23H24FN3O2/c24-18-5-3-4-17(12-18)15-8-10-16(11-9-15)22-20(13-25)27(21(22)14-28)23(29)26-19-6-1-2-7-19/h3-5,8-12,19-22,28H,1-2,6-7,14H2,(H,26,29)/t20-,21+,22-/m0/s1. The van der Waals surface area contributed by atoms with Crippen molar-refractivity contribution in [2.75, 3.05) is 6.61 Å². The van der Waals surface area contributed by atoms with Crippen LogP contribution in [0.5, 0.6) is 0 Å². The van der Waals surface area contributed by atoms with Gasteiger partial charge in [-0.2, -0.15) is 5.26 Å². The molecular weight excluding hydrogens is 369 g/mol. The van der Waals surface area contributed by atoms with E-state index in [1.807, 2.05) is 30.3 Å². The molecule has 2 fully saturated rings. The summed E-state index contributed by atoms with van der Waals surface area (Å²) < 4.78 is 13.5. The van der Waals surface area contributed by atoms with Crippen LogP contribution in [0.3, 0.4) is 0 Å². The number of amides is 2. The van der Waals surface area contributed by atoms with Crippen LogP contribution in [0.1, 0.15) is 37.2 Å². The zero-order valence-corrected chi connectivity index (χ0v) is 16.1. The number of hydrogen-bond donors (Lipinski definition) is 2. The highest BCUT2D eigenvalue weighted by atomic mass is 19.1. The molecule has 1 saturated heterocycles. The number of aliphatic hydroxyl groups excluding tert-OH is 1. The lowest BCUT2D eigenvalue weighted by Crippen LogP contribution is -2.67. The highest BCUT2D eigenvalue weighted by Crippen LogP contribution is 2.41. The first-order chi connectivity index (χ1) is 14.1. The number of nitrogens with one attached hydrogen (secondary N) is 1. The van der Waals surface area contributed by atoms with Crippen LogP contribution in [-0.2, 0) is 0 Å². The van der Waals surface area contributed by atoms with Crippen LogP contribution in [-0.4, -0.2) is 40.8 Å². The highest BCUT2D eigenvalue weighted by molar-refractivity contribution is 5.78. The molecule has 150 valence electrons. The Balaban J connectivity index is 1.51. The van der Waals surface area contributed by atoms with Crippen LogP contribution in [0.4, 0.5) is 9.18 Å². The first-order valence-electron chi connectivity index (χ1n) is 10.1. The highest BCUT2D eigenvalue weighted by Gasteiger charge is 2.52. The predicted octanol–water partition coefficient (Wildman–Crippen LogP) is 3.80. The number of aliphatic hydroxyl groups is 1. The van der Waals surface area contributed by atoms with Crippen molar-refractivity contribution in [3.05, 3.63) is 59.9 Å². The van der Waals surface area contributed by atoms with Gasteiger partial charge in [0.25, 0.3) is 0 Å². The number of carbonyl (C=O) groups is 1. The van der Waals surface area contributed by atoms with Crippen molar-refractivity contribution in [2.24, 2.45) is 0 Å². The van der Waals surface area contributed by atoms with E-state index in [-0.39, 0.29) is 30.4 Å². The van der Waals surface area contributed by atoms with Gasteiger partial charge in [-0.05, 0) is 41.7 Å². The maximum Gasteiger partial charge on any atom is 0.319 e. The number of nitrogens with zero attached hydrogens (tertiary/aromatic N) is 2. The predicted molar refractivity (Wildman–Crippen MR) is 107 cm³/mol. The van der Waals surface area contributed by atoms with E-state index in [1.54, 1.807) is 6.07 Å². The summed E-state index contributed by atoms with van der Waals surface area (Å²) in [6.45, 7) is -0.202. The Bertz CT molecular complexity index is 918. The number of carbonyl (C=O) groups excluding carboxylic acids is 1. The molecule has 3 atom stereocenters. The van der Waals surface area contributed by atoms with Crippen molar-refractivity contribution in [3.63, 3.8) is 0 Å². The first-order valence-corrected chi connectivity index (χ1v) is 10.1. The van der Waals surface area contributed by atoms with Gasteiger partial charge in [0.2, 0.25) is 0 Å². The molecule has 0 aromatic heterocycles. The van der Waals surface area contributed by atoms with Gasteiger partial charge in [-0.25, -0.2) is 9.18 Å². The molecule has 2 amide bonds. The summed E-state index contributed by atoms with van der Waals surface area (Å²) in [5, 5.41) is 22.6. The minimum Gasteiger partial charge on any atom is -0.394 e. The Morgan fingerprint density at radius 1 is 1.17 bits per heavy atom. The maximum absolute atomic E-state index is 13.5. The van der Waals surface area contributed by atoms with Gasteiger partial charge in [0, 0.05) is 12.0 Å². The summed E-state index contributed by atoms with van der Waals surface area (Å²) in [5.41, 5.74) is 2.54. The van der Waals surface area contributed by atoms with E-state index >= 15 is 0 Å². The van der Waals surface area contributed by atoms with E-state index < -0.39 is 12.1 Å². The number of hydrogen-bond acceptors (Lipinski definition) is 3. The van der Waals surface area contributed by atoms with Crippen LogP contribution in [0.2, 0.25) is 0 Å². The number of rotatable bonds is 4. The van der Waals surface area contributed by atoms with Gasteiger partial charge >= 0.3 is 6.03 Å². The lowest BCUT2D eigenvalue weighted by Gasteiger charge is -2.51. The minimum absolute atomic E-state index is 0.158. The quantitative estimate of drug-likeness (QED) is 0.830. The van der Waals surface area contributed by atoms with Crippen molar-refractivity contribution in [1.29, 1.82) is 5.26 Å². The Hall–Kier alpha value is -2.91. The second kappa shape index (κ2) is 8.22. The van der Waals surface area contributed by atoms with Crippen molar-refractivity contribution in [2.45, 2.75) is 49.7 Å². The fraction of sp³-hybridized carbons (Fsp3) is 0.391. The second-order valence-electron chi connectivity index (χ2n) is 7.82. The lowest BCUT2D eigenvalue weighted by atomic mass is 9.75. The fourth-order valence-electron chi connectivity index (χ4n) is 4.57. The molecule has 4 rings (SSSR count). The number of urea groups is 1. The van der Waals surface area contributed by atoms with Crippen molar-refractivity contribution < 1.29 is 14.3 Å². The third-order valence-electron chi connectivity index (χ3n) is 6.10. The molecule has 0 unspecified atom stereocenters. The third kappa shape index (κ3) is 3.70. The third-order valence-corrected chi connectivity index (χ3v) is 6.10. The second-order valence-corrected chi connectivity index (χ2v) is 7.82. The normalized spacial score (nSPS) is 24.0. The number of likely N-dealkylation sites (tertiary alicyclic amines) is 1. The Morgan fingerprint density at radius 3 is 2.52 bits per heavy atom. The summed E-state index contributed by atoms with van der Waals surface area (Å²) >= 11 is 0. The summed E-state index contributed by atoms with van der Waals surface area (Å²) in [6.07, 6.45) is 4.14. The molecule has 2 N–H and O–H groups in total. The molecule has 2 aliphatic rings. The topological polar surface area (TPSA) is 76.4 Å². The summed E-state index contributed by atoms with van der Waals surface area (Å²) in [5.74, 6) is -0.541. The fourth-order valence-corrected chi connectivity index (χ4v) is 4.57. The molecule has 29 heavy (non-hydrogen) atoms. The Labute approximate surface area is 169 Å². The van der Waals surface area contributed by atoms with Crippen LogP contribution in [0, 0.1) is 17.1 Å². The Kier molecular flexibility index (Phi) is 5.50. The largest absolute Gasteiger partial charge is 0.394 e.